The third kappa shape index (κ3) is 3.07. The van der Waals surface area contributed by atoms with Crippen molar-refractivity contribution >= 4 is 17.1 Å². The van der Waals surface area contributed by atoms with Gasteiger partial charge in [-0.2, -0.15) is 9.61 Å². The van der Waals surface area contributed by atoms with Crippen LogP contribution in [0.2, 0.25) is 0 Å². The molecule has 7 nitrogen and oxygen atoms in total. The number of hydrogen-bond acceptors (Lipinski definition) is 5. The van der Waals surface area contributed by atoms with Crippen molar-refractivity contribution in [2.24, 2.45) is 0 Å². The van der Waals surface area contributed by atoms with Crippen LogP contribution in [0.5, 0.6) is 0 Å². The first-order valence-electron chi connectivity index (χ1n) is 9.31. The molecule has 4 heterocycles. The molecule has 5 aromatic rings. The minimum Gasteiger partial charge on any atom is -0.370 e. The molecule has 0 aliphatic carbocycles. The van der Waals surface area contributed by atoms with Gasteiger partial charge in [-0.3, -0.25) is 4.40 Å². The van der Waals surface area contributed by atoms with Crippen LogP contribution in [0, 0.1) is 0 Å². The first kappa shape index (κ1) is 16.4. The van der Waals surface area contributed by atoms with Crippen LogP contribution >= 0.6 is 0 Å². The summed E-state index contributed by atoms with van der Waals surface area (Å²) in [7, 11) is 0. The van der Waals surface area contributed by atoms with E-state index in [1.54, 1.807) is 6.20 Å². The Balaban J connectivity index is 1.33. The molecule has 1 N–H and O–H groups in total. The van der Waals surface area contributed by atoms with E-state index in [4.69, 9.17) is 4.98 Å². The fraction of sp³-hybridized carbons (Fsp3) is 0.143. The van der Waals surface area contributed by atoms with Crippen LogP contribution < -0.4 is 5.32 Å². The Morgan fingerprint density at radius 3 is 2.71 bits per heavy atom. The molecule has 0 saturated heterocycles. The molecule has 0 aliphatic rings. The lowest BCUT2D eigenvalue weighted by Crippen LogP contribution is -2.09. The summed E-state index contributed by atoms with van der Waals surface area (Å²) in [6.07, 6.45) is 5.55. The lowest BCUT2D eigenvalue weighted by Gasteiger charge is -2.10. The lowest BCUT2D eigenvalue weighted by molar-refractivity contribution is 0.782. The predicted octanol–water partition coefficient (Wildman–Crippen LogP) is 3.48. The summed E-state index contributed by atoms with van der Waals surface area (Å²) in [4.78, 5) is 4.71. The zero-order valence-corrected chi connectivity index (χ0v) is 15.2. The van der Waals surface area contributed by atoms with Gasteiger partial charge >= 0.3 is 0 Å². The summed E-state index contributed by atoms with van der Waals surface area (Å²) < 4.78 is 3.87. The van der Waals surface area contributed by atoms with Gasteiger partial charge < -0.3 is 5.32 Å². The molecule has 0 spiro atoms. The van der Waals surface area contributed by atoms with E-state index < -0.39 is 0 Å². The maximum absolute atomic E-state index is 4.71. The van der Waals surface area contributed by atoms with Crippen molar-refractivity contribution in [2.45, 2.75) is 12.8 Å². The Labute approximate surface area is 161 Å². The third-order valence-electron chi connectivity index (χ3n) is 4.70. The molecule has 0 fully saturated rings. The first-order chi connectivity index (χ1) is 13.9. The number of pyridine rings is 1. The lowest BCUT2D eigenvalue weighted by atomic mass is 10.1. The number of nitrogens with one attached hydrogen (secondary N) is 1. The average Bonchev–Trinajstić information content (AvgIpc) is 3.39. The Hall–Kier alpha value is -3.74. The number of fused-ring (bicyclic) bond motifs is 2. The largest absolute Gasteiger partial charge is 0.370 e. The molecule has 0 amide bonds. The molecule has 28 heavy (non-hydrogen) atoms. The van der Waals surface area contributed by atoms with Gasteiger partial charge in [0.15, 0.2) is 11.3 Å². The number of benzene rings is 1. The van der Waals surface area contributed by atoms with E-state index >= 15 is 0 Å². The topological polar surface area (TPSA) is 72.4 Å². The highest BCUT2D eigenvalue weighted by molar-refractivity contribution is 5.66. The van der Waals surface area contributed by atoms with E-state index in [9.17, 15) is 0 Å². The molecular weight excluding hydrogens is 350 g/mol. The summed E-state index contributed by atoms with van der Waals surface area (Å²) in [5.74, 6) is 1.90. The molecular formula is C21H19N7. The molecule has 5 rings (SSSR count). The third-order valence-corrected chi connectivity index (χ3v) is 4.70. The van der Waals surface area contributed by atoms with Crippen LogP contribution in [0.1, 0.15) is 12.2 Å². The molecule has 0 atom stereocenters. The highest BCUT2D eigenvalue weighted by Gasteiger charge is 2.09. The van der Waals surface area contributed by atoms with E-state index in [0.29, 0.717) is 0 Å². The van der Waals surface area contributed by atoms with Crippen molar-refractivity contribution in [3.05, 3.63) is 78.9 Å². The van der Waals surface area contributed by atoms with E-state index in [0.717, 1.165) is 53.6 Å². The summed E-state index contributed by atoms with van der Waals surface area (Å²) in [5, 5.41) is 16.4. The Bertz CT molecular complexity index is 1220. The van der Waals surface area contributed by atoms with Gasteiger partial charge in [-0.1, -0.05) is 36.4 Å². The zero-order valence-electron chi connectivity index (χ0n) is 15.2. The molecule has 0 radical (unpaired) electrons. The summed E-state index contributed by atoms with van der Waals surface area (Å²) in [5.41, 5.74) is 3.72. The zero-order chi connectivity index (χ0) is 18.8. The maximum Gasteiger partial charge on any atom is 0.160 e. The number of anilines is 1. The van der Waals surface area contributed by atoms with Crippen LogP contribution in [-0.4, -0.2) is 35.7 Å². The standard InChI is InChI=1S/C21H19N7/c1-2-7-16(8-3-1)17-15-21(28-18(24-17)11-13-23-28)22-12-6-10-20-26-25-19-9-4-5-14-27(19)20/h1-5,7-9,11,13-15,22H,6,10,12H2. The van der Waals surface area contributed by atoms with Crippen molar-refractivity contribution in [3.8, 4) is 11.3 Å². The highest BCUT2D eigenvalue weighted by Crippen LogP contribution is 2.22. The molecule has 138 valence electrons. The second kappa shape index (κ2) is 7.11. The van der Waals surface area contributed by atoms with Gasteiger partial charge in [0.05, 0.1) is 11.9 Å². The second-order valence-electron chi connectivity index (χ2n) is 6.57. The first-order valence-corrected chi connectivity index (χ1v) is 9.31. The van der Waals surface area contributed by atoms with E-state index in [1.165, 1.54) is 0 Å². The number of aryl methyl sites for hydroxylation is 1. The van der Waals surface area contributed by atoms with Gasteiger partial charge in [-0.05, 0) is 18.6 Å². The Morgan fingerprint density at radius 1 is 0.893 bits per heavy atom. The minimum absolute atomic E-state index is 0.801. The molecule has 0 aliphatic heterocycles. The van der Waals surface area contributed by atoms with Gasteiger partial charge in [-0.15, -0.1) is 10.2 Å². The fourth-order valence-corrected chi connectivity index (χ4v) is 3.32. The van der Waals surface area contributed by atoms with Crippen LogP contribution in [0.25, 0.3) is 22.6 Å². The van der Waals surface area contributed by atoms with Crippen molar-refractivity contribution < 1.29 is 0 Å². The number of hydrogen-bond donors (Lipinski definition) is 1. The molecule has 4 aromatic heterocycles. The Morgan fingerprint density at radius 2 is 1.79 bits per heavy atom. The van der Waals surface area contributed by atoms with E-state index in [-0.39, 0.29) is 0 Å². The molecule has 7 heteroatoms. The van der Waals surface area contributed by atoms with Crippen LogP contribution in [0.15, 0.2) is 73.1 Å². The van der Waals surface area contributed by atoms with Gasteiger partial charge in [0, 0.05) is 36.9 Å². The minimum atomic E-state index is 0.801. The van der Waals surface area contributed by atoms with Crippen molar-refractivity contribution in [1.29, 1.82) is 0 Å². The van der Waals surface area contributed by atoms with E-state index in [2.05, 4.69) is 32.7 Å². The number of nitrogens with zero attached hydrogens (tertiary/aromatic N) is 6. The van der Waals surface area contributed by atoms with Crippen LogP contribution in [0.4, 0.5) is 5.82 Å². The fourth-order valence-electron chi connectivity index (χ4n) is 3.32. The van der Waals surface area contributed by atoms with Crippen molar-refractivity contribution in [3.63, 3.8) is 0 Å². The summed E-state index contributed by atoms with van der Waals surface area (Å²) in [6.45, 7) is 0.801. The van der Waals surface area contributed by atoms with Crippen LogP contribution in [0.3, 0.4) is 0 Å². The molecule has 0 saturated carbocycles. The molecule has 0 bridgehead atoms. The van der Waals surface area contributed by atoms with Crippen molar-refractivity contribution in [2.75, 3.05) is 11.9 Å². The van der Waals surface area contributed by atoms with E-state index in [1.807, 2.05) is 63.6 Å². The van der Waals surface area contributed by atoms with Gasteiger partial charge in [0.25, 0.3) is 0 Å². The second-order valence-corrected chi connectivity index (χ2v) is 6.57. The monoisotopic (exact) mass is 369 g/mol. The number of aromatic nitrogens is 6. The molecule has 1 aromatic carbocycles. The predicted molar refractivity (Wildman–Crippen MR) is 108 cm³/mol. The van der Waals surface area contributed by atoms with Crippen LogP contribution in [-0.2, 0) is 6.42 Å². The maximum atomic E-state index is 4.71. The smallest absolute Gasteiger partial charge is 0.160 e. The Kier molecular flexibility index (Phi) is 4.17. The average molecular weight is 369 g/mol. The van der Waals surface area contributed by atoms with Gasteiger partial charge in [0.2, 0.25) is 0 Å². The SMILES string of the molecule is c1ccc(-c2cc(NCCCc3nnc4ccccn34)n3nccc3n2)cc1. The normalized spacial score (nSPS) is 11.3. The summed E-state index contributed by atoms with van der Waals surface area (Å²) in [6, 6.07) is 20.1. The van der Waals surface area contributed by atoms with Gasteiger partial charge in [0.1, 0.15) is 11.6 Å². The van der Waals surface area contributed by atoms with Gasteiger partial charge in [-0.25, -0.2) is 4.98 Å². The van der Waals surface area contributed by atoms with Crippen molar-refractivity contribution in [1.82, 2.24) is 29.2 Å². The highest BCUT2D eigenvalue weighted by atomic mass is 15.3. The summed E-state index contributed by atoms with van der Waals surface area (Å²) >= 11 is 0. The molecule has 0 unspecified atom stereocenters. The quantitative estimate of drug-likeness (QED) is 0.464. The number of rotatable bonds is 6.